The third kappa shape index (κ3) is 2.19. The number of nitrogens with zero attached hydrogens (tertiary/aromatic N) is 1. The molecule has 0 aliphatic carbocycles. The molecule has 1 heterocycles. The van der Waals surface area contributed by atoms with Crippen molar-refractivity contribution in [1.29, 1.82) is 5.41 Å². The standard InChI is InChI=1S/C8H17N3/c1-7(9)11-5-3-8(10-2)4-6-11/h8-10H,3-6H2,1-2H3. The molecule has 0 aromatic rings. The first-order valence-corrected chi connectivity index (χ1v) is 4.21. The number of likely N-dealkylation sites (tertiary alicyclic amines) is 1. The molecule has 0 unspecified atom stereocenters. The Kier molecular flexibility index (Phi) is 2.88. The van der Waals surface area contributed by atoms with Gasteiger partial charge in [-0.1, -0.05) is 0 Å². The number of hydrogen-bond donors (Lipinski definition) is 2. The molecule has 0 aromatic carbocycles. The van der Waals surface area contributed by atoms with Crippen molar-refractivity contribution >= 4 is 5.84 Å². The van der Waals surface area contributed by atoms with Crippen molar-refractivity contribution in [3.63, 3.8) is 0 Å². The van der Waals surface area contributed by atoms with Gasteiger partial charge in [-0.15, -0.1) is 0 Å². The summed E-state index contributed by atoms with van der Waals surface area (Å²) in [6.45, 7) is 3.95. The lowest BCUT2D eigenvalue weighted by Crippen LogP contribution is -2.42. The Labute approximate surface area is 68.3 Å². The van der Waals surface area contributed by atoms with Crippen LogP contribution in [0.15, 0.2) is 0 Å². The second-order valence-corrected chi connectivity index (χ2v) is 3.14. The molecule has 3 heteroatoms. The van der Waals surface area contributed by atoms with Gasteiger partial charge in [-0.05, 0) is 26.8 Å². The number of piperidine rings is 1. The lowest BCUT2D eigenvalue weighted by atomic mass is 10.1. The number of nitrogens with one attached hydrogen (secondary N) is 2. The zero-order valence-corrected chi connectivity index (χ0v) is 7.35. The molecule has 1 saturated heterocycles. The van der Waals surface area contributed by atoms with Crippen molar-refractivity contribution in [3.05, 3.63) is 0 Å². The summed E-state index contributed by atoms with van der Waals surface area (Å²) in [6, 6.07) is 0.672. The first-order chi connectivity index (χ1) is 5.24. The van der Waals surface area contributed by atoms with Crippen molar-refractivity contribution in [1.82, 2.24) is 10.2 Å². The van der Waals surface area contributed by atoms with E-state index in [-0.39, 0.29) is 0 Å². The van der Waals surface area contributed by atoms with Crippen LogP contribution in [0.4, 0.5) is 0 Å². The fraction of sp³-hybridized carbons (Fsp3) is 0.875. The third-order valence-corrected chi connectivity index (χ3v) is 2.38. The summed E-state index contributed by atoms with van der Waals surface area (Å²) in [7, 11) is 2.01. The van der Waals surface area contributed by atoms with E-state index in [0.29, 0.717) is 11.9 Å². The molecule has 2 N–H and O–H groups in total. The van der Waals surface area contributed by atoms with Crippen molar-refractivity contribution in [2.45, 2.75) is 25.8 Å². The van der Waals surface area contributed by atoms with Crippen molar-refractivity contribution in [3.8, 4) is 0 Å². The van der Waals surface area contributed by atoms with Crippen LogP contribution in [-0.4, -0.2) is 36.9 Å². The molecule has 0 bridgehead atoms. The lowest BCUT2D eigenvalue weighted by molar-refractivity contribution is 0.289. The van der Waals surface area contributed by atoms with Crippen LogP contribution < -0.4 is 5.32 Å². The van der Waals surface area contributed by atoms with Crippen LogP contribution in [0.3, 0.4) is 0 Å². The van der Waals surface area contributed by atoms with E-state index < -0.39 is 0 Å². The van der Waals surface area contributed by atoms with E-state index in [2.05, 4.69) is 10.2 Å². The zero-order chi connectivity index (χ0) is 8.27. The summed E-state index contributed by atoms with van der Waals surface area (Å²) >= 11 is 0. The van der Waals surface area contributed by atoms with E-state index >= 15 is 0 Å². The fourth-order valence-corrected chi connectivity index (χ4v) is 1.50. The van der Waals surface area contributed by atoms with Crippen LogP contribution >= 0.6 is 0 Å². The maximum atomic E-state index is 7.42. The highest BCUT2D eigenvalue weighted by Crippen LogP contribution is 2.09. The molecule has 0 spiro atoms. The lowest BCUT2D eigenvalue weighted by Gasteiger charge is -2.32. The highest BCUT2D eigenvalue weighted by atomic mass is 15.2. The van der Waals surface area contributed by atoms with Gasteiger partial charge >= 0.3 is 0 Å². The maximum absolute atomic E-state index is 7.42. The van der Waals surface area contributed by atoms with Gasteiger partial charge in [-0.3, -0.25) is 5.41 Å². The van der Waals surface area contributed by atoms with Gasteiger partial charge in [-0.25, -0.2) is 0 Å². The molecule has 0 saturated carbocycles. The molecule has 1 aliphatic heterocycles. The highest BCUT2D eigenvalue weighted by Gasteiger charge is 2.17. The summed E-state index contributed by atoms with van der Waals surface area (Å²) in [4.78, 5) is 2.13. The quantitative estimate of drug-likeness (QED) is 0.431. The second-order valence-electron chi connectivity index (χ2n) is 3.14. The Morgan fingerprint density at radius 2 is 2.00 bits per heavy atom. The predicted molar refractivity (Wildman–Crippen MR) is 47.1 cm³/mol. The minimum atomic E-state index is 0.672. The minimum Gasteiger partial charge on any atom is -0.361 e. The first-order valence-electron chi connectivity index (χ1n) is 4.21. The third-order valence-electron chi connectivity index (χ3n) is 2.38. The maximum Gasteiger partial charge on any atom is 0.0925 e. The molecular weight excluding hydrogens is 138 g/mol. The van der Waals surface area contributed by atoms with Crippen molar-refractivity contribution < 1.29 is 0 Å². The molecule has 0 amide bonds. The summed E-state index contributed by atoms with van der Waals surface area (Å²) in [5.41, 5.74) is 0. The largest absolute Gasteiger partial charge is 0.361 e. The summed E-state index contributed by atoms with van der Waals surface area (Å²) in [5.74, 6) is 0.708. The van der Waals surface area contributed by atoms with Gasteiger partial charge in [-0.2, -0.15) is 0 Å². The van der Waals surface area contributed by atoms with Gasteiger partial charge in [0.15, 0.2) is 0 Å². The summed E-state index contributed by atoms with van der Waals surface area (Å²) in [6.07, 6.45) is 2.35. The molecule has 0 radical (unpaired) electrons. The van der Waals surface area contributed by atoms with Crippen LogP contribution in [0.25, 0.3) is 0 Å². The smallest absolute Gasteiger partial charge is 0.0925 e. The SMILES string of the molecule is CNC1CCN(C(C)=N)CC1. The highest BCUT2D eigenvalue weighted by molar-refractivity contribution is 5.76. The number of hydrogen-bond acceptors (Lipinski definition) is 2. The van der Waals surface area contributed by atoms with Gasteiger partial charge in [0.25, 0.3) is 0 Å². The van der Waals surface area contributed by atoms with Gasteiger partial charge in [0.2, 0.25) is 0 Å². The average molecular weight is 155 g/mol. The molecule has 3 nitrogen and oxygen atoms in total. The minimum absolute atomic E-state index is 0.672. The number of amidine groups is 1. The summed E-state index contributed by atoms with van der Waals surface area (Å²) < 4.78 is 0. The van der Waals surface area contributed by atoms with Crippen LogP contribution in [0.5, 0.6) is 0 Å². The zero-order valence-electron chi connectivity index (χ0n) is 7.35. The predicted octanol–water partition coefficient (Wildman–Crippen LogP) is 0.667. The Morgan fingerprint density at radius 3 is 2.36 bits per heavy atom. The molecule has 0 atom stereocenters. The van der Waals surface area contributed by atoms with E-state index in [1.165, 1.54) is 12.8 Å². The molecular formula is C8H17N3. The van der Waals surface area contributed by atoms with E-state index in [1.807, 2.05) is 14.0 Å². The van der Waals surface area contributed by atoms with Gasteiger partial charge in [0.1, 0.15) is 0 Å². The van der Waals surface area contributed by atoms with Crippen molar-refractivity contribution in [2.75, 3.05) is 20.1 Å². The Hall–Kier alpha value is -0.570. The monoisotopic (exact) mass is 155 g/mol. The van der Waals surface area contributed by atoms with Crippen LogP contribution in [0, 0.1) is 5.41 Å². The van der Waals surface area contributed by atoms with E-state index in [4.69, 9.17) is 5.41 Å². The second kappa shape index (κ2) is 3.72. The van der Waals surface area contributed by atoms with Crippen LogP contribution in [0.2, 0.25) is 0 Å². The molecule has 1 rings (SSSR count). The van der Waals surface area contributed by atoms with Gasteiger partial charge < -0.3 is 10.2 Å². The molecule has 64 valence electrons. The fourth-order valence-electron chi connectivity index (χ4n) is 1.50. The van der Waals surface area contributed by atoms with Gasteiger partial charge in [0, 0.05) is 19.1 Å². The molecule has 11 heavy (non-hydrogen) atoms. The van der Waals surface area contributed by atoms with E-state index in [9.17, 15) is 0 Å². The molecule has 1 fully saturated rings. The number of rotatable bonds is 1. The molecule has 0 aromatic heterocycles. The average Bonchev–Trinajstić information content (AvgIpc) is 2.05. The van der Waals surface area contributed by atoms with Gasteiger partial charge in [0.05, 0.1) is 5.84 Å². The van der Waals surface area contributed by atoms with Crippen LogP contribution in [0.1, 0.15) is 19.8 Å². The van der Waals surface area contributed by atoms with Crippen molar-refractivity contribution in [2.24, 2.45) is 0 Å². The summed E-state index contributed by atoms with van der Waals surface area (Å²) in [5, 5.41) is 10.7. The topological polar surface area (TPSA) is 39.1 Å². The Bertz CT molecular complexity index is 136. The normalized spacial score (nSPS) is 20.4. The van der Waals surface area contributed by atoms with E-state index in [0.717, 1.165) is 13.1 Å². The molecule has 1 aliphatic rings. The van der Waals surface area contributed by atoms with E-state index in [1.54, 1.807) is 0 Å². The Balaban J connectivity index is 2.30. The van der Waals surface area contributed by atoms with Crippen LogP contribution in [-0.2, 0) is 0 Å². The Morgan fingerprint density at radius 1 is 1.45 bits per heavy atom. The first kappa shape index (κ1) is 8.53.